The van der Waals surface area contributed by atoms with Crippen LogP contribution in [0.2, 0.25) is 0 Å². The van der Waals surface area contributed by atoms with Gasteiger partial charge >= 0.3 is 0 Å². The molecule has 0 aromatic carbocycles. The second-order valence-electron chi connectivity index (χ2n) is 9.29. The molecule has 0 bridgehead atoms. The molecule has 0 aromatic rings. The minimum atomic E-state index is -0.757. The van der Waals surface area contributed by atoms with E-state index in [4.69, 9.17) is 19.3 Å². The number of carbonyl (C=O) groups excluding carboxylic acids is 1. The van der Waals surface area contributed by atoms with Crippen LogP contribution >= 0.6 is 0 Å². The first kappa shape index (κ1) is 29.5. The molecule has 2 rings (SSSR count). The lowest BCUT2D eigenvalue weighted by atomic mass is 10.1. The molecule has 0 radical (unpaired) electrons. The van der Waals surface area contributed by atoms with E-state index in [9.17, 15) is 9.18 Å². The lowest BCUT2D eigenvalue weighted by Crippen LogP contribution is -2.52. The second kappa shape index (κ2) is 16.1. The summed E-state index contributed by atoms with van der Waals surface area (Å²) in [5.41, 5.74) is 0.920. The largest absolute Gasteiger partial charge is 0.506 e. The number of hydrogen-bond acceptors (Lipinski definition) is 6. The van der Waals surface area contributed by atoms with Gasteiger partial charge in [0.2, 0.25) is 0 Å². The van der Waals surface area contributed by atoms with Crippen molar-refractivity contribution in [2.45, 2.75) is 32.8 Å². The van der Waals surface area contributed by atoms with Crippen molar-refractivity contribution in [3.8, 4) is 0 Å². The minimum Gasteiger partial charge on any atom is -0.506 e. The first-order chi connectivity index (χ1) is 17.3. The van der Waals surface area contributed by atoms with Crippen LogP contribution in [0.5, 0.6) is 0 Å². The summed E-state index contributed by atoms with van der Waals surface area (Å²) in [5, 5.41) is 8.99. The molecule has 2 fully saturated rings. The van der Waals surface area contributed by atoms with E-state index >= 15 is 0 Å². The Kier molecular flexibility index (Phi) is 13.2. The number of rotatable bonds is 12. The van der Waals surface area contributed by atoms with Crippen LogP contribution in [0.1, 0.15) is 26.7 Å². The third-order valence-corrected chi connectivity index (χ3v) is 5.61. The van der Waals surface area contributed by atoms with Crippen molar-refractivity contribution in [2.75, 3.05) is 59.2 Å². The zero-order valence-electron chi connectivity index (χ0n) is 21.7. The van der Waals surface area contributed by atoms with Crippen molar-refractivity contribution in [1.82, 2.24) is 9.80 Å². The number of morpholine rings is 1. The summed E-state index contributed by atoms with van der Waals surface area (Å²) in [6.07, 6.45) is 11.1. The Morgan fingerprint density at radius 2 is 2.11 bits per heavy atom. The van der Waals surface area contributed by atoms with Gasteiger partial charge in [0.05, 0.1) is 19.8 Å². The standard InChI is InChI=1S/C28H41FN2O5/c1-5-10-24(17-25-21-34-14-9-15-35-25)19-31(18-22(2)3)28(33)27-20-30(13-16-36-27)12-8-6-7-11-26(29)23(4)32/h5-7,10-11,17,22,27,32H,1,4,8-9,12-16,18-21H2,2-3H3/b7-6-,24-10+,25-17+,26-11+. The molecule has 1 unspecified atom stereocenters. The van der Waals surface area contributed by atoms with Gasteiger partial charge in [-0.1, -0.05) is 51.3 Å². The Labute approximate surface area is 214 Å². The molecular formula is C28H41FN2O5. The Balaban J connectivity index is 2.02. The van der Waals surface area contributed by atoms with Gasteiger partial charge in [0.1, 0.15) is 24.2 Å². The normalized spacial score (nSPS) is 21.4. The number of ether oxygens (including phenoxy) is 3. The zero-order valence-corrected chi connectivity index (χ0v) is 21.7. The van der Waals surface area contributed by atoms with Gasteiger partial charge in [0.25, 0.3) is 5.91 Å². The van der Waals surface area contributed by atoms with Crippen molar-refractivity contribution < 1.29 is 28.5 Å². The van der Waals surface area contributed by atoms with Crippen molar-refractivity contribution >= 4 is 5.91 Å². The lowest BCUT2D eigenvalue weighted by molar-refractivity contribution is -0.149. The zero-order chi connectivity index (χ0) is 26.3. The SMILES string of the molecule is C=C/C=C(\C=C1/COCCCO1)CN(CC(C)C)C(=O)C1CN(CC/C=C\C=C(\F)C(=C)O)CCO1. The monoisotopic (exact) mass is 504 g/mol. The van der Waals surface area contributed by atoms with Gasteiger partial charge in [-0.2, -0.15) is 0 Å². The Morgan fingerprint density at radius 1 is 1.31 bits per heavy atom. The van der Waals surface area contributed by atoms with Crippen molar-refractivity contribution in [3.05, 3.63) is 72.5 Å². The predicted octanol–water partition coefficient (Wildman–Crippen LogP) is 4.48. The number of halogens is 1. The number of carbonyl (C=O) groups is 1. The van der Waals surface area contributed by atoms with E-state index < -0.39 is 17.7 Å². The van der Waals surface area contributed by atoms with E-state index in [1.165, 1.54) is 6.08 Å². The number of nitrogens with zero attached hydrogens (tertiary/aromatic N) is 2. The molecule has 36 heavy (non-hydrogen) atoms. The molecule has 0 aromatic heterocycles. The summed E-state index contributed by atoms with van der Waals surface area (Å²) in [7, 11) is 0. The number of hydrogen-bond donors (Lipinski definition) is 1. The molecule has 7 nitrogen and oxygen atoms in total. The summed E-state index contributed by atoms with van der Waals surface area (Å²) >= 11 is 0. The molecule has 0 aliphatic carbocycles. The average molecular weight is 505 g/mol. The predicted molar refractivity (Wildman–Crippen MR) is 140 cm³/mol. The highest BCUT2D eigenvalue weighted by atomic mass is 19.1. The molecule has 2 aliphatic heterocycles. The fraction of sp³-hybridized carbons (Fsp3) is 0.536. The lowest BCUT2D eigenvalue weighted by Gasteiger charge is -2.35. The Morgan fingerprint density at radius 3 is 2.83 bits per heavy atom. The molecule has 2 heterocycles. The molecule has 8 heteroatoms. The van der Waals surface area contributed by atoms with Gasteiger partial charge < -0.3 is 24.2 Å². The molecule has 0 spiro atoms. The quantitative estimate of drug-likeness (QED) is 0.312. The van der Waals surface area contributed by atoms with Crippen molar-refractivity contribution in [2.24, 2.45) is 5.92 Å². The fourth-order valence-corrected chi connectivity index (χ4v) is 3.92. The molecule has 2 saturated heterocycles. The molecular weight excluding hydrogens is 463 g/mol. The summed E-state index contributed by atoms with van der Waals surface area (Å²) in [6, 6.07) is 0. The van der Waals surface area contributed by atoms with E-state index in [0.29, 0.717) is 59.0 Å². The number of allylic oxidation sites excluding steroid dienone is 5. The fourth-order valence-electron chi connectivity index (χ4n) is 3.92. The number of aliphatic hydroxyl groups excluding tert-OH is 1. The maximum absolute atomic E-state index is 13.5. The van der Waals surface area contributed by atoms with E-state index in [-0.39, 0.29) is 11.8 Å². The summed E-state index contributed by atoms with van der Waals surface area (Å²) in [4.78, 5) is 17.6. The molecule has 1 amide bonds. The van der Waals surface area contributed by atoms with Crippen LogP contribution in [-0.2, 0) is 19.0 Å². The van der Waals surface area contributed by atoms with Crippen LogP contribution in [0.25, 0.3) is 0 Å². The second-order valence-corrected chi connectivity index (χ2v) is 9.29. The summed E-state index contributed by atoms with van der Waals surface area (Å²) in [6.45, 7) is 16.3. The van der Waals surface area contributed by atoms with Crippen molar-refractivity contribution in [3.63, 3.8) is 0 Å². The van der Waals surface area contributed by atoms with Gasteiger partial charge in [-0.15, -0.1) is 0 Å². The summed E-state index contributed by atoms with van der Waals surface area (Å²) < 4.78 is 30.5. The van der Waals surface area contributed by atoms with Gasteiger partial charge in [-0.3, -0.25) is 9.69 Å². The smallest absolute Gasteiger partial charge is 0.253 e. The van der Waals surface area contributed by atoms with E-state index in [1.807, 2.05) is 23.1 Å². The maximum atomic E-state index is 13.5. The van der Waals surface area contributed by atoms with Crippen molar-refractivity contribution in [1.29, 1.82) is 0 Å². The van der Waals surface area contributed by atoms with E-state index in [1.54, 1.807) is 12.2 Å². The van der Waals surface area contributed by atoms with Crippen LogP contribution in [0.3, 0.4) is 0 Å². The highest BCUT2D eigenvalue weighted by Crippen LogP contribution is 2.16. The van der Waals surface area contributed by atoms with Crippen LogP contribution < -0.4 is 0 Å². The molecule has 1 atom stereocenters. The van der Waals surface area contributed by atoms with Crippen LogP contribution in [0.15, 0.2) is 72.5 Å². The van der Waals surface area contributed by atoms with Gasteiger partial charge in [-0.25, -0.2) is 4.39 Å². The van der Waals surface area contributed by atoms with E-state index in [2.05, 4.69) is 31.9 Å². The van der Waals surface area contributed by atoms with E-state index in [0.717, 1.165) is 24.3 Å². The highest BCUT2D eigenvalue weighted by molar-refractivity contribution is 5.81. The first-order valence-corrected chi connectivity index (χ1v) is 12.6. The van der Waals surface area contributed by atoms with Crippen LogP contribution in [0, 0.1) is 5.92 Å². The Bertz CT molecular complexity index is 852. The topological polar surface area (TPSA) is 71.5 Å². The highest BCUT2D eigenvalue weighted by Gasteiger charge is 2.30. The molecule has 1 N–H and O–H groups in total. The molecule has 2 aliphatic rings. The van der Waals surface area contributed by atoms with Crippen LogP contribution in [0.4, 0.5) is 4.39 Å². The van der Waals surface area contributed by atoms with Crippen LogP contribution in [-0.4, -0.2) is 86.1 Å². The number of amides is 1. The molecule has 200 valence electrons. The Hall–Kier alpha value is -2.68. The first-order valence-electron chi connectivity index (χ1n) is 12.6. The van der Waals surface area contributed by atoms with Gasteiger partial charge in [-0.05, 0) is 30.1 Å². The third kappa shape index (κ3) is 10.9. The van der Waals surface area contributed by atoms with Gasteiger partial charge in [0, 0.05) is 39.1 Å². The third-order valence-electron chi connectivity index (χ3n) is 5.61. The average Bonchev–Trinajstić information content (AvgIpc) is 3.11. The molecule has 0 saturated carbocycles. The number of aliphatic hydroxyl groups is 1. The maximum Gasteiger partial charge on any atom is 0.253 e. The summed E-state index contributed by atoms with van der Waals surface area (Å²) in [5.74, 6) is -0.340. The minimum absolute atomic E-state index is 0.0400. The van der Waals surface area contributed by atoms with Gasteiger partial charge in [0.15, 0.2) is 5.83 Å².